The van der Waals surface area contributed by atoms with Crippen LogP contribution in [0.2, 0.25) is 5.02 Å². The fourth-order valence-electron chi connectivity index (χ4n) is 2.77. The van der Waals surface area contributed by atoms with Gasteiger partial charge in [-0.1, -0.05) is 29.0 Å². The summed E-state index contributed by atoms with van der Waals surface area (Å²) in [5.41, 5.74) is 0.714. The largest absolute Gasteiger partial charge is 0.494 e. The smallest absolute Gasteiger partial charge is 0.267 e. The molecule has 0 aliphatic carbocycles. The fourth-order valence-corrected chi connectivity index (χ4v) is 3.89. The molecule has 0 atom stereocenters. The first-order valence-electron chi connectivity index (χ1n) is 8.78. The Morgan fingerprint density at radius 1 is 1.17 bits per heavy atom. The van der Waals surface area contributed by atoms with E-state index >= 15 is 0 Å². The standard InChI is InChI=1S/C21H17ClN2O4S/c1-26-17-5-2-6-18-20(17)23-21(29-18)24(12-16-4-3-11-27-16)19(25)13-28-15-9-7-14(22)8-10-15/h2-11H,12-13H2,1H3. The molecular weight excluding hydrogens is 412 g/mol. The van der Waals surface area contributed by atoms with Gasteiger partial charge in [0.15, 0.2) is 11.7 Å². The Hall–Kier alpha value is -3.03. The number of fused-ring (bicyclic) bond motifs is 1. The molecule has 8 heteroatoms. The van der Waals surface area contributed by atoms with E-state index in [0.29, 0.717) is 32.9 Å². The first kappa shape index (κ1) is 19.3. The second kappa shape index (κ2) is 8.55. The zero-order chi connectivity index (χ0) is 20.2. The van der Waals surface area contributed by atoms with Crippen molar-refractivity contribution in [1.29, 1.82) is 0 Å². The highest BCUT2D eigenvalue weighted by Crippen LogP contribution is 2.34. The molecule has 4 aromatic rings. The number of aromatic nitrogens is 1. The molecule has 0 fully saturated rings. The highest BCUT2D eigenvalue weighted by molar-refractivity contribution is 7.22. The maximum Gasteiger partial charge on any atom is 0.267 e. The minimum Gasteiger partial charge on any atom is -0.494 e. The molecule has 2 aromatic heterocycles. The summed E-state index contributed by atoms with van der Waals surface area (Å²) in [5, 5.41) is 1.15. The number of carbonyl (C=O) groups is 1. The molecule has 29 heavy (non-hydrogen) atoms. The average molecular weight is 429 g/mol. The van der Waals surface area contributed by atoms with Gasteiger partial charge in [-0.3, -0.25) is 9.69 Å². The molecule has 148 valence electrons. The normalized spacial score (nSPS) is 10.8. The Kier molecular flexibility index (Phi) is 5.69. The number of hydrogen-bond donors (Lipinski definition) is 0. The van der Waals surface area contributed by atoms with Crippen LogP contribution in [-0.4, -0.2) is 24.6 Å². The van der Waals surface area contributed by atoms with Crippen molar-refractivity contribution in [3.8, 4) is 11.5 Å². The lowest BCUT2D eigenvalue weighted by atomic mass is 10.3. The molecular formula is C21H17ClN2O4S. The Bertz CT molecular complexity index is 1110. The summed E-state index contributed by atoms with van der Waals surface area (Å²) in [5.74, 6) is 1.63. The minimum atomic E-state index is -0.241. The summed E-state index contributed by atoms with van der Waals surface area (Å²) >= 11 is 7.30. The molecule has 4 rings (SSSR count). The summed E-state index contributed by atoms with van der Waals surface area (Å²) in [6.45, 7) is 0.105. The van der Waals surface area contributed by atoms with Gasteiger partial charge in [0.05, 0.1) is 24.6 Å². The first-order chi connectivity index (χ1) is 14.1. The van der Waals surface area contributed by atoms with E-state index < -0.39 is 0 Å². The van der Waals surface area contributed by atoms with E-state index in [4.69, 9.17) is 25.5 Å². The number of halogens is 1. The number of hydrogen-bond acceptors (Lipinski definition) is 6. The maximum absolute atomic E-state index is 13.0. The van der Waals surface area contributed by atoms with Crippen molar-refractivity contribution in [3.63, 3.8) is 0 Å². The number of methoxy groups -OCH3 is 1. The third-order valence-electron chi connectivity index (χ3n) is 4.19. The van der Waals surface area contributed by atoms with Crippen molar-refractivity contribution < 1.29 is 18.7 Å². The summed E-state index contributed by atoms with van der Waals surface area (Å²) < 4.78 is 17.4. The Balaban J connectivity index is 1.60. The lowest BCUT2D eigenvalue weighted by Gasteiger charge is -2.19. The SMILES string of the molecule is COc1cccc2sc(N(Cc3ccco3)C(=O)COc3ccc(Cl)cc3)nc12. The molecule has 1 amide bonds. The second-order valence-corrected chi connectivity index (χ2v) is 7.55. The van der Waals surface area contributed by atoms with E-state index in [-0.39, 0.29) is 19.1 Å². The topological polar surface area (TPSA) is 64.8 Å². The summed E-state index contributed by atoms with van der Waals surface area (Å²) in [6.07, 6.45) is 1.57. The van der Waals surface area contributed by atoms with Crippen LogP contribution in [0, 0.1) is 0 Å². The minimum absolute atomic E-state index is 0.143. The van der Waals surface area contributed by atoms with E-state index in [0.717, 1.165) is 4.70 Å². The average Bonchev–Trinajstić information content (AvgIpc) is 3.40. The number of amides is 1. The number of nitrogens with zero attached hydrogens (tertiary/aromatic N) is 2. The highest BCUT2D eigenvalue weighted by Gasteiger charge is 2.22. The number of furan rings is 1. The van der Waals surface area contributed by atoms with Crippen molar-refractivity contribution >= 4 is 44.2 Å². The molecule has 0 saturated heterocycles. The van der Waals surface area contributed by atoms with Gasteiger partial charge in [-0.2, -0.15) is 0 Å². The predicted molar refractivity (Wildman–Crippen MR) is 113 cm³/mol. The number of para-hydroxylation sites is 1. The Morgan fingerprint density at radius 3 is 2.72 bits per heavy atom. The van der Waals surface area contributed by atoms with Crippen molar-refractivity contribution in [1.82, 2.24) is 4.98 Å². The molecule has 2 heterocycles. The summed E-state index contributed by atoms with van der Waals surface area (Å²) in [4.78, 5) is 19.2. The second-order valence-electron chi connectivity index (χ2n) is 6.11. The molecule has 6 nitrogen and oxygen atoms in total. The van der Waals surface area contributed by atoms with Gasteiger partial charge in [0, 0.05) is 5.02 Å². The van der Waals surface area contributed by atoms with Crippen LogP contribution in [0.25, 0.3) is 10.2 Å². The number of benzene rings is 2. The van der Waals surface area contributed by atoms with Crippen molar-refractivity contribution in [2.24, 2.45) is 0 Å². The molecule has 0 radical (unpaired) electrons. The number of carbonyl (C=O) groups excluding carboxylic acids is 1. The van der Waals surface area contributed by atoms with E-state index in [1.807, 2.05) is 24.3 Å². The Morgan fingerprint density at radius 2 is 2.00 bits per heavy atom. The van der Waals surface area contributed by atoms with Crippen LogP contribution in [-0.2, 0) is 11.3 Å². The number of ether oxygens (including phenoxy) is 2. The van der Waals surface area contributed by atoms with Crippen LogP contribution in [0.3, 0.4) is 0 Å². The number of thiazole rings is 1. The van der Waals surface area contributed by atoms with E-state index in [1.165, 1.54) is 11.3 Å². The van der Waals surface area contributed by atoms with Gasteiger partial charge in [-0.05, 0) is 48.5 Å². The summed E-state index contributed by atoms with van der Waals surface area (Å²) in [7, 11) is 1.60. The molecule has 0 aliphatic heterocycles. The van der Waals surface area contributed by atoms with Crippen LogP contribution in [0.4, 0.5) is 5.13 Å². The first-order valence-corrected chi connectivity index (χ1v) is 9.98. The lowest BCUT2D eigenvalue weighted by Crippen LogP contribution is -2.34. The fraction of sp³-hybridized carbons (Fsp3) is 0.143. The molecule has 0 N–H and O–H groups in total. The van der Waals surface area contributed by atoms with E-state index in [2.05, 4.69) is 4.98 Å². The molecule has 0 unspecified atom stereocenters. The molecule has 0 spiro atoms. The van der Waals surface area contributed by atoms with E-state index in [1.54, 1.807) is 48.6 Å². The number of anilines is 1. The van der Waals surface area contributed by atoms with Crippen molar-refractivity contribution in [3.05, 3.63) is 71.6 Å². The molecule has 0 bridgehead atoms. The van der Waals surface area contributed by atoms with Gasteiger partial charge < -0.3 is 13.9 Å². The zero-order valence-electron chi connectivity index (χ0n) is 15.5. The number of rotatable bonds is 7. The van der Waals surface area contributed by atoms with Crippen molar-refractivity contribution in [2.75, 3.05) is 18.6 Å². The Labute approximate surface area is 176 Å². The third-order valence-corrected chi connectivity index (χ3v) is 5.49. The molecule has 0 saturated carbocycles. The van der Waals surface area contributed by atoms with Gasteiger partial charge in [-0.25, -0.2) is 4.98 Å². The van der Waals surface area contributed by atoms with Crippen molar-refractivity contribution in [2.45, 2.75) is 6.54 Å². The van der Waals surface area contributed by atoms with Gasteiger partial charge in [0.1, 0.15) is 22.8 Å². The third kappa shape index (κ3) is 4.36. The van der Waals surface area contributed by atoms with E-state index in [9.17, 15) is 4.79 Å². The zero-order valence-corrected chi connectivity index (χ0v) is 17.1. The quantitative estimate of drug-likeness (QED) is 0.406. The van der Waals surface area contributed by atoms with Crippen LogP contribution in [0.1, 0.15) is 5.76 Å². The van der Waals surface area contributed by atoms with Gasteiger partial charge in [0.25, 0.3) is 5.91 Å². The predicted octanol–water partition coefficient (Wildman–Crippen LogP) is 5.16. The maximum atomic E-state index is 13.0. The molecule has 0 aliphatic rings. The van der Waals surface area contributed by atoms with Crippen LogP contribution in [0.15, 0.2) is 65.3 Å². The van der Waals surface area contributed by atoms with Crippen LogP contribution < -0.4 is 14.4 Å². The van der Waals surface area contributed by atoms with Crippen LogP contribution in [0.5, 0.6) is 11.5 Å². The van der Waals surface area contributed by atoms with Gasteiger partial charge in [-0.15, -0.1) is 0 Å². The van der Waals surface area contributed by atoms with Gasteiger partial charge in [0.2, 0.25) is 0 Å². The van der Waals surface area contributed by atoms with Crippen LogP contribution >= 0.6 is 22.9 Å². The monoisotopic (exact) mass is 428 g/mol. The summed E-state index contributed by atoms with van der Waals surface area (Å²) in [6, 6.07) is 16.1. The lowest BCUT2D eigenvalue weighted by molar-refractivity contribution is -0.120. The molecule has 2 aromatic carbocycles. The van der Waals surface area contributed by atoms with Gasteiger partial charge >= 0.3 is 0 Å². The highest BCUT2D eigenvalue weighted by atomic mass is 35.5.